The molecule has 5 heteroatoms. The maximum absolute atomic E-state index is 13.4. The number of para-hydroxylation sites is 1. The van der Waals surface area contributed by atoms with E-state index < -0.39 is 0 Å². The van der Waals surface area contributed by atoms with Gasteiger partial charge < -0.3 is 4.90 Å². The van der Waals surface area contributed by atoms with Crippen molar-refractivity contribution in [1.29, 1.82) is 0 Å². The van der Waals surface area contributed by atoms with E-state index in [0.29, 0.717) is 5.75 Å². The van der Waals surface area contributed by atoms with Gasteiger partial charge in [0.1, 0.15) is 0 Å². The molecule has 4 aliphatic carbocycles. The van der Waals surface area contributed by atoms with Crippen LogP contribution in [0.4, 0.5) is 0 Å². The molecule has 0 unspecified atom stereocenters. The van der Waals surface area contributed by atoms with Crippen molar-refractivity contribution in [2.75, 3.05) is 12.8 Å². The highest BCUT2D eigenvalue weighted by molar-refractivity contribution is 7.99. The summed E-state index contributed by atoms with van der Waals surface area (Å²) in [6.45, 7) is 0. The summed E-state index contributed by atoms with van der Waals surface area (Å²) in [5.41, 5.74) is 3.20. The molecule has 0 saturated heterocycles. The molecule has 170 valence electrons. The van der Waals surface area contributed by atoms with E-state index in [4.69, 9.17) is 4.98 Å². The lowest BCUT2D eigenvalue weighted by molar-refractivity contribution is -0.144. The minimum Gasteiger partial charge on any atom is -0.339 e. The smallest absolute Gasteiger partial charge is 0.233 e. The van der Waals surface area contributed by atoms with E-state index in [2.05, 4.69) is 47.0 Å². The van der Waals surface area contributed by atoms with Gasteiger partial charge in [0.25, 0.3) is 0 Å². The van der Waals surface area contributed by atoms with Gasteiger partial charge in [-0.25, -0.2) is 4.98 Å². The molecule has 4 nitrogen and oxygen atoms in total. The number of carbonyl (C=O) groups excluding carboxylic acids is 1. The third-order valence-corrected chi connectivity index (χ3v) is 9.13. The molecule has 7 rings (SSSR count). The zero-order valence-corrected chi connectivity index (χ0v) is 20.0. The predicted molar refractivity (Wildman–Crippen MR) is 133 cm³/mol. The number of amides is 1. The summed E-state index contributed by atoms with van der Waals surface area (Å²) in [6.07, 6.45) is 9.90. The van der Waals surface area contributed by atoms with E-state index in [1.807, 2.05) is 36.4 Å². The molecule has 0 aliphatic heterocycles. The number of hydrogen-bond donors (Lipinski definition) is 0. The van der Waals surface area contributed by atoms with Gasteiger partial charge >= 0.3 is 0 Å². The van der Waals surface area contributed by atoms with Gasteiger partial charge in [0, 0.05) is 30.0 Å². The lowest BCUT2D eigenvalue weighted by atomic mass is 9.52. The molecule has 0 radical (unpaired) electrons. The molecule has 1 amide bonds. The van der Waals surface area contributed by atoms with E-state index in [0.717, 1.165) is 39.9 Å². The first-order valence-corrected chi connectivity index (χ1v) is 13.2. The largest absolute Gasteiger partial charge is 0.339 e. The second-order valence-electron chi connectivity index (χ2n) is 10.4. The number of carbonyl (C=O) groups is 1. The molecule has 4 aliphatic rings. The average molecular weight is 458 g/mol. The predicted octanol–water partition coefficient (Wildman–Crippen LogP) is 6.06. The highest BCUT2D eigenvalue weighted by atomic mass is 32.2. The van der Waals surface area contributed by atoms with Crippen LogP contribution in [-0.4, -0.2) is 38.7 Å². The summed E-state index contributed by atoms with van der Waals surface area (Å²) >= 11 is 1.56. The molecule has 0 atom stereocenters. The topological polar surface area (TPSA) is 38.1 Å². The van der Waals surface area contributed by atoms with Crippen molar-refractivity contribution in [3.8, 4) is 16.9 Å². The van der Waals surface area contributed by atoms with Crippen LogP contribution >= 0.6 is 11.8 Å². The van der Waals surface area contributed by atoms with Gasteiger partial charge in [0.15, 0.2) is 5.16 Å². The summed E-state index contributed by atoms with van der Waals surface area (Å²) in [5, 5.41) is 0.868. The van der Waals surface area contributed by atoms with Gasteiger partial charge in [-0.3, -0.25) is 9.36 Å². The fourth-order valence-corrected chi connectivity index (χ4v) is 7.86. The fraction of sp³-hybridized carbons (Fsp3) is 0.429. The summed E-state index contributed by atoms with van der Waals surface area (Å²) in [7, 11) is 2.06. The third kappa shape index (κ3) is 3.90. The Balaban J connectivity index is 1.23. The molecule has 1 heterocycles. The van der Waals surface area contributed by atoms with Crippen LogP contribution in [0.1, 0.15) is 38.5 Å². The number of imidazole rings is 1. The molecule has 3 aromatic rings. The van der Waals surface area contributed by atoms with Crippen molar-refractivity contribution in [2.45, 2.75) is 49.2 Å². The fourth-order valence-electron chi connectivity index (χ4n) is 6.95. The molecular formula is C28H31N3OS. The maximum atomic E-state index is 13.4. The lowest BCUT2D eigenvalue weighted by Gasteiger charge is -2.59. The quantitative estimate of drug-likeness (QED) is 0.422. The normalized spacial score (nSPS) is 27.6. The molecule has 4 saturated carbocycles. The minimum absolute atomic E-state index is 0.108. The van der Waals surface area contributed by atoms with Gasteiger partial charge in [-0.15, -0.1) is 0 Å². The Bertz CT molecular complexity index is 1110. The molecule has 0 N–H and O–H groups in total. The summed E-state index contributed by atoms with van der Waals surface area (Å²) < 4.78 is 2.12. The highest BCUT2D eigenvalue weighted by Gasteiger charge is 2.53. The van der Waals surface area contributed by atoms with Crippen molar-refractivity contribution in [2.24, 2.45) is 17.8 Å². The van der Waals surface area contributed by atoms with Gasteiger partial charge in [0.05, 0.1) is 11.4 Å². The van der Waals surface area contributed by atoms with Crippen molar-refractivity contribution in [1.82, 2.24) is 14.5 Å². The maximum Gasteiger partial charge on any atom is 0.233 e. The van der Waals surface area contributed by atoms with Gasteiger partial charge in [-0.1, -0.05) is 60.3 Å². The van der Waals surface area contributed by atoms with Crippen LogP contribution in [0.25, 0.3) is 16.9 Å². The van der Waals surface area contributed by atoms with Crippen LogP contribution in [-0.2, 0) is 4.79 Å². The Hall–Kier alpha value is -2.53. The first-order chi connectivity index (χ1) is 16.1. The summed E-state index contributed by atoms with van der Waals surface area (Å²) in [4.78, 5) is 20.5. The van der Waals surface area contributed by atoms with Crippen LogP contribution in [0.2, 0.25) is 0 Å². The van der Waals surface area contributed by atoms with E-state index >= 15 is 0 Å². The van der Waals surface area contributed by atoms with Crippen LogP contribution in [0.5, 0.6) is 0 Å². The van der Waals surface area contributed by atoms with E-state index in [9.17, 15) is 4.79 Å². The Kier molecular flexibility index (Phi) is 5.33. The Morgan fingerprint density at radius 2 is 1.55 bits per heavy atom. The van der Waals surface area contributed by atoms with Crippen LogP contribution in [0.3, 0.4) is 0 Å². The monoisotopic (exact) mass is 457 g/mol. The van der Waals surface area contributed by atoms with E-state index in [1.165, 1.54) is 38.5 Å². The first kappa shape index (κ1) is 21.0. The second kappa shape index (κ2) is 8.35. The number of thioether (sulfide) groups is 1. The first-order valence-electron chi connectivity index (χ1n) is 12.2. The average Bonchev–Trinajstić information content (AvgIpc) is 3.27. The number of hydrogen-bond acceptors (Lipinski definition) is 3. The molecule has 4 bridgehead atoms. The third-order valence-electron chi connectivity index (χ3n) is 8.19. The zero-order valence-electron chi connectivity index (χ0n) is 19.2. The minimum atomic E-state index is 0.108. The van der Waals surface area contributed by atoms with Crippen molar-refractivity contribution >= 4 is 17.7 Å². The standard InChI is InChI=1S/C28H31N3OS/c1-30(28-15-20-12-21(16-28)14-22(13-20)17-28)26(32)19-33-27-29-25(23-8-4-2-5-9-23)18-31(27)24-10-6-3-7-11-24/h2-11,18,20-22H,12-17,19H2,1H3. The Labute approximate surface area is 200 Å². The number of aromatic nitrogens is 2. The summed E-state index contributed by atoms with van der Waals surface area (Å²) in [6, 6.07) is 20.5. The van der Waals surface area contributed by atoms with Crippen molar-refractivity contribution < 1.29 is 4.79 Å². The lowest BCUT2D eigenvalue weighted by Crippen LogP contribution is -2.60. The van der Waals surface area contributed by atoms with Gasteiger partial charge in [-0.2, -0.15) is 0 Å². The number of benzene rings is 2. The Morgan fingerprint density at radius 3 is 2.15 bits per heavy atom. The molecule has 1 aromatic heterocycles. The van der Waals surface area contributed by atoms with Crippen LogP contribution < -0.4 is 0 Å². The second-order valence-corrected chi connectivity index (χ2v) is 11.3. The van der Waals surface area contributed by atoms with Crippen molar-refractivity contribution in [3.63, 3.8) is 0 Å². The SMILES string of the molecule is CN(C(=O)CSc1nc(-c2ccccc2)cn1-c1ccccc1)C12CC3CC(CC(C3)C1)C2. The Morgan fingerprint density at radius 1 is 0.970 bits per heavy atom. The number of rotatable bonds is 6. The molecular weight excluding hydrogens is 426 g/mol. The highest BCUT2D eigenvalue weighted by Crippen LogP contribution is 2.57. The van der Waals surface area contributed by atoms with E-state index in [1.54, 1.807) is 11.8 Å². The molecule has 0 spiro atoms. The van der Waals surface area contributed by atoms with Gasteiger partial charge in [0.2, 0.25) is 5.91 Å². The molecule has 4 fully saturated rings. The van der Waals surface area contributed by atoms with Crippen LogP contribution in [0.15, 0.2) is 72.0 Å². The van der Waals surface area contributed by atoms with Crippen molar-refractivity contribution in [3.05, 3.63) is 66.9 Å². The van der Waals surface area contributed by atoms with Crippen LogP contribution in [0, 0.1) is 17.8 Å². The van der Waals surface area contributed by atoms with Gasteiger partial charge in [-0.05, 0) is 68.4 Å². The zero-order chi connectivity index (χ0) is 22.4. The molecule has 33 heavy (non-hydrogen) atoms. The van der Waals surface area contributed by atoms with E-state index in [-0.39, 0.29) is 11.4 Å². The number of nitrogens with zero attached hydrogens (tertiary/aromatic N) is 3. The molecule has 2 aromatic carbocycles. The summed E-state index contributed by atoms with van der Waals surface area (Å²) in [5.74, 6) is 3.18.